The van der Waals surface area contributed by atoms with Crippen LogP contribution in [0.1, 0.15) is 35.8 Å². The van der Waals surface area contributed by atoms with E-state index in [2.05, 4.69) is 4.98 Å². The van der Waals surface area contributed by atoms with E-state index in [1.54, 1.807) is 11.3 Å². The number of nitrogens with one attached hydrogen (secondary N) is 1. The van der Waals surface area contributed by atoms with Crippen molar-refractivity contribution in [2.75, 3.05) is 33.0 Å². The van der Waals surface area contributed by atoms with Crippen LogP contribution in [0.3, 0.4) is 0 Å². The van der Waals surface area contributed by atoms with E-state index in [0.29, 0.717) is 50.4 Å². The molecular formula is C29H32N2O5S. The van der Waals surface area contributed by atoms with Crippen LogP contribution in [-0.4, -0.2) is 43.0 Å². The fourth-order valence-electron chi connectivity index (χ4n) is 4.58. The average molecular weight is 521 g/mol. The number of benzene rings is 2. The van der Waals surface area contributed by atoms with Gasteiger partial charge in [-0.2, -0.15) is 0 Å². The highest BCUT2D eigenvalue weighted by Crippen LogP contribution is 2.36. The zero-order valence-electron chi connectivity index (χ0n) is 21.3. The summed E-state index contributed by atoms with van der Waals surface area (Å²) in [5.74, 6) is 2.62. The quantitative estimate of drug-likeness (QED) is 0.255. The van der Waals surface area contributed by atoms with Crippen LogP contribution in [0, 0.1) is 6.92 Å². The number of ether oxygens (including phenoxy) is 4. The van der Waals surface area contributed by atoms with E-state index in [4.69, 9.17) is 23.9 Å². The average Bonchev–Trinajstić information content (AvgIpc) is 3.28. The van der Waals surface area contributed by atoms with Gasteiger partial charge < -0.3 is 23.9 Å². The van der Waals surface area contributed by atoms with Gasteiger partial charge in [-0.3, -0.25) is 4.79 Å². The Hall–Kier alpha value is -3.36. The standard InChI is InChI=1S/C29H32N2O5S/c1-3-34-24-18-20(27-30-28(32)26-22-9-4-5-10-25(22)37-29(26)31-27)11-12-23(24)36-16-14-33-13-15-35-21-8-6-7-19(2)17-21/h6-8,11-12,17-18H,3-5,9-10,13-16H2,1-2H3,(H,30,31,32). The Morgan fingerprint density at radius 2 is 1.78 bits per heavy atom. The van der Waals surface area contributed by atoms with Crippen molar-refractivity contribution < 1.29 is 18.9 Å². The first-order chi connectivity index (χ1) is 18.1. The van der Waals surface area contributed by atoms with Gasteiger partial charge in [0.05, 0.1) is 25.2 Å². The number of thiophene rings is 1. The van der Waals surface area contributed by atoms with Gasteiger partial charge in [0.15, 0.2) is 11.5 Å². The SMILES string of the molecule is CCOc1cc(-c2nc3sc4c(c3c(=O)[nH]2)CCCC4)ccc1OCCOCCOc1cccc(C)c1. The van der Waals surface area contributed by atoms with Crippen LogP contribution in [0.25, 0.3) is 21.6 Å². The molecule has 0 saturated carbocycles. The lowest BCUT2D eigenvalue weighted by atomic mass is 9.97. The molecule has 0 saturated heterocycles. The third-order valence-corrected chi connectivity index (χ3v) is 7.50. The lowest BCUT2D eigenvalue weighted by Crippen LogP contribution is -2.13. The zero-order chi connectivity index (χ0) is 25.6. The van der Waals surface area contributed by atoms with Gasteiger partial charge in [0.25, 0.3) is 5.56 Å². The van der Waals surface area contributed by atoms with E-state index in [-0.39, 0.29) is 5.56 Å². The fourth-order valence-corrected chi connectivity index (χ4v) is 5.84. The van der Waals surface area contributed by atoms with Gasteiger partial charge in [0.2, 0.25) is 0 Å². The first kappa shape index (κ1) is 25.3. The van der Waals surface area contributed by atoms with Crippen molar-refractivity contribution in [2.45, 2.75) is 39.5 Å². The molecule has 0 radical (unpaired) electrons. The largest absolute Gasteiger partial charge is 0.491 e. The smallest absolute Gasteiger partial charge is 0.260 e. The van der Waals surface area contributed by atoms with Crippen molar-refractivity contribution in [1.29, 1.82) is 0 Å². The first-order valence-corrected chi connectivity index (χ1v) is 13.7. The number of hydrogen-bond donors (Lipinski definition) is 1. The molecule has 5 rings (SSSR count). The summed E-state index contributed by atoms with van der Waals surface area (Å²) < 4.78 is 23.1. The van der Waals surface area contributed by atoms with Crippen LogP contribution >= 0.6 is 11.3 Å². The predicted molar refractivity (Wildman–Crippen MR) is 146 cm³/mol. The molecule has 1 aliphatic carbocycles. The second-order valence-corrected chi connectivity index (χ2v) is 10.1. The lowest BCUT2D eigenvalue weighted by Gasteiger charge is -2.14. The molecule has 4 aromatic rings. The number of aromatic amines is 1. The maximum atomic E-state index is 13.0. The number of nitrogens with zero attached hydrogens (tertiary/aromatic N) is 1. The summed E-state index contributed by atoms with van der Waals surface area (Å²) in [4.78, 5) is 22.9. The number of aromatic nitrogens is 2. The van der Waals surface area contributed by atoms with Gasteiger partial charge in [0, 0.05) is 10.4 Å². The van der Waals surface area contributed by atoms with E-state index < -0.39 is 0 Å². The molecule has 2 aromatic heterocycles. The minimum atomic E-state index is -0.0683. The Morgan fingerprint density at radius 3 is 2.62 bits per heavy atom. The minimum absolute atomic E-state index is 0.0683. The van der Waals surface area contributed by atoms with Crippen LogP contribution in [0.5, 0.6) is 17.2 Å². The van der Waals surface area contributed by atoms with Crippen molar-refractivity contribution >= 4 is 21.6 Å². The molecule has 0 spiro atoms. The van der Waals surface area contributed by atoms with E-state index in [0.717, 1.165) is 46.4 Å². The van der Waals surface area contributed by atoms with Crippen molar-refractivity contribution in [2.24, 2.45) is 0 Å². The Bertz CT molecular complexity index is 1430. The van der Waals surface area contributed by atoms with Crippen molar-refractivity contribution in [1.82, 2.24) is 9.97 Å². The molecule has 1 N–H and O–H groups in total. The maximum Gasteiger partial charge on any atom is 0.260 e. The van der Waals surface area contributed by atoms with Crippen molar-refractivity contribution in [3.63, 3.8) is 0 Å². The van der Waals surface area contributed by atoms with Crippen LogP contribution in [0.15, 0.2) is 47.3 Å². The second-order valence-electron chi connectivity index (χ2n) is 9.03. The van der Waals surface area contributed by atoms with Gasteiger partial charge in [-0.25, -0.2) is 4.98 Å². The molecule has 0 atom stereocenters. The second kappa shape index (κ2) is 11.8. The number of rotatable bonds is 11. The van der Waals surface area contributed by atoms with Gasteiger partial charge >= 0.3 is 0 Å². The molecule has 0 fully saturated rings. The summed E-state index contributed by atoms with van der Waals surface area (Å²) in [5, 5.41) is 0.762. The Labute approximate surface area is 220 Å². The van der Waals surface area contributed by atoms with Crippen LogP contribution in [0.4, 0.5) is 0 Å². The molecule has 37 heavy (non-hydrogen) atoms. The number of fused-ring (bicyclic) bond motifs is 3. The van der Waals surface area contributed by atoms with Gasteiger partial charge in [-0.05, 0) is 81.0 Å². The fraction of sp³-hybridized carbons (Fsp3) is 0.379. The summed E-state index contributed by atoms with van der Waals surface area (Å²) in [6.45, 7) is 6.22. The monoisotopic (exact) mass is 520 g/mol. The van der Waals surface area contributed by atoms with Crippen molar-refractivity contribution in [3.8, 4) is 28.6 Å². The Morgan fingerprint density at radius 1 is 0.946 bits per heavy atom. The molecule has 194 valence electrons. The van der Waals surface area contributed by atoms with Crippen molar-refractivity contribution in [3.05, 3.63) is 68.8 Å². The molecule has 2 heterocycles. The van der Waals surface area contributed by atoms with E-state index in [9.17, 15) is 4.79 Å². The van der Waals surface area contributed by atoms with Crippen LogP contribution < -0.4 is 19.8 Å². The third-order valence-electron chi connectivity index (χ3n) is 6.31. The van der Waals surface area contributed by atoms with E-state index in [1.807, 2.05) is 56.3 Å². The number of hydrogen-bond acceptors (Lipinski definition) is 7. The molecule has 0 amide bonds. The molecule has 0 bridgehead atoms. The van der Waals surface area contributed by atoms with E-state index >= 15 is 0 Å². The van der Waals surface area contributed by atoms with Crippen LogP contribution in [-0.2, 0) is 17.6 Å². The molecule has 8 heteroatoms. The van der Waals surface area contributed by atoms with Gasteiger partial charge in [0.1, 0.15) is 29.6 Å². The lowest BCUT2D eigenvalue weighted by molar-refractivity contribution is 0.0755. The van der Waals surface area contributed by atoms with Gasteiger partial charge in [-0.15, -0.1) is 11.3 Å². The topological polar surface area (TPSA) is 82.7 Å². The molecule has 0 unspecified atom stereocenters. The molecular weight excluding hydrogens is 488 g/mol. The Balaban J connectivity index is 1.20. The highest BCUT2D eigenvalue weighted by atomic mass is 32.1. The van der Waals surface area contributed by atoms with Crippen LogP contribution in [0.2, 0.25) is 0 Å². The maximum absolute atomic E-state index is 13.0. The summed E-state index contributed by atoms with van der Waals surface area (Å²) in [7, 11) is 0. The molecule has 7 nitrogen and oxygen atoms in total. The summed E-state index contributed by atoms with van der Waals surface area (Å²) in [5.41, 5.74) is 3.07. The first-order valence-electron chi connectivity index (χ1n) is 12.8. The predicted octanol–water partition coefficient (Wildman–Crippen LogP) is 5.71. The molecule has 2 aromatic carbocycles. The number of H-pyrrole nitrogens is 1. The minimum Gasteiger partial charge on any atom is -0.491 e. The Kier molecular flexibility index (Phi) is 8.06. The molecule has 1 aliphatic rings. The number of aryl methyl sites for hydroxylation is 3. The summed E-state index contributed by atoms with van der Waals surface area (Å²) >= 11 is 1.65. The summed E-state index contributed by atoms with van der Waals surface area (Å²) in [6, 6.07) is 13.6. The van der Waals surface area contributed by atoms with E-state index in [1.165, 1.54) is 16.9 Å². The summed E-state index contributed by atoms with van der Waals surface area (Å²) in [6.07, 6.45) is 4.31. The highest BCUT2D eigenvalue weighted by Gasteiger charge is 2.20. The highest BCUT2D eigenvalue weighted by molar-refractivity contribution is 7.18. The van der Waals surface area contributed by atoms with Gasteiger partial charge in [-0.1, -0.05) is 12.1 Å². The third kappa shape index (κ3) is 5.97. The normalized spacial score (nSPS) is 12.9. The zero-order valence-corrected chi connectivity index (χ0v) is 22.1. The molecule has 0 aliphatic heterocycles.